The zero-order valence-electron chi connectivity index (χ0n) is 7.47. The Morgan fingerprint density at radius 3 is 2.23 bits per heavy atom. The highest BCUT2D eigenvalue weighted by Crippen LogP contribution is 2.26. The highest BCUT2D eigenvalue weighted by Gasteiger charge is 2.32. The fourth-order valence-electron chi connectivity index (χ4n) is 0.500. The van der Waals surface area contributed by atoms with Gasteiger partial charge in [-0.3, -0.25) is 0 Å². The number of nitrogens with zero attached hydrogens (tertiary/aromatic N) is 2. The van der Waals surface area contributed by atoms with Crippen molar-refractivity contribution in [2.75, 3.05) is 14.1 Å². The van der Waals surface area contributed by atoms with Gasteiger partial charge in [-0.25, -0.2) is 4.99 Å². The molecule has 0 aliphatic rings. The topological polar surface area (TPSA) is 15.6 Å². The molecule has 0 radical (unpaired) electrons. The zero-order chi connectivity index (χ0) is 10.5. The maximum atomic E-state index is 12.1. The Labute approximate surface area is 75.1 Å². The quantitative estimate of drug-likeness (QED) is 0.380. The van der Waals surface area contributed by atoms with Crippen molar-refractivity contribution in [3.63, 3.8) is 0 Å². The summed E-state index contributed by atoms with van der Waals surface area (Å²) in [6, 6.07) is 0. The first-order chi connectivity index (χ1) is 5.88. The third-order valence-corrected chi connectivity index (χ3v) is 0.994. The lowest BCUT2D eigenvalue weighted by molar-refractivity contribution is -0.0923. The Kier molecular flexibility index (Phi) is 4.23. The van der Waals surface area contributed by atoms with Crippen molar-refractivity contribution in [3.05, 3.63) is 24.4 Å². The second-order valence-corrected chi connectivity index (χ2v) is 2.49. The zero-order valence-corrected chi connectivity index (χ0v) is 7.47. The summed E-state index contributed by atoms with van der Waals surface area (Å²) < 4.78 is 36.3. The number of aliphatic imine (C=N–C) groups is 1. The van der Waals surface area contributed by atoms with E-state index >= 15 is 0 Å². The highest BCUT2D eigenvalue weighted by atomic mass is 19.4. The van der Waals surface area contributed by atoms with Gasteiger partial charge < -0.3 is 4.90 Å². The van der Waals surface area contributed by atoms with E-state index in [4.69, 9.17) is 0 Å². The van der Waals surface area contributed by atoms with Crippen LogP contribution in [-0.2, 0) is 0 Å². The lowest BCUT2D eigenvalue weighted by atomic mass is 10.4. The molecule has 2 nitrogen and oxygen atoms in total. The number of hydrogen-bond acceptors (Lipinski definition) is 1. The largest absolute Gasteiger partial charge is 0.433 e. The molecule has 0 fully saturated rings. The van der Waals surface area contributed by atoms with Crippen LogP contribution in [0.15, 0.2) is 29.4 Å². The average Bonchev–Trinajstić information content (AvgIpc) is 1.95. The SMILES string of the molecule is C=C/C=C(\N=CN(C)C)C(F)(F)F. The normalized spacial score (nSPS) is 13.5. The van der Waals surface area contributed by atoms with Gasteiger partial charge in [0.2, 0.25) is 0 Å². The van der Waals surface area contributed by atoms with Crippen LogP contribution in [0.5, 0.6) is 0 Å². The van der Waals surface area contributed by atoms with E-state index in [2.05, 4.69) is 11.6 Å². The van der Waals surface area contributed by atoms with Crippen molar-refractivity contribution < 1.29 is 13.2 Å². The first-order valence-corrected chi connectivity index (χ1v) is 3.48. The molecule has 0 aliphatic heterocycles. The molecule has 0 unspecified atom stereocenters. The lowest BCUT2D eigenvalue weighted by Crippen LogP contribution is -2.13. The van der Waals surface area contributed by atoms with E-state index in [1.807, 2.05) is 0 Å². The van der Waals surface area contributed by atoms with E-state index in [0.717, 1.165) is 18.5 Å². The van der Waals surface area contributed by atoms with Gasteiger partial charge in [0.1, 0.15) is 5.70 Å². The number of allylic oxidation sites excluding steroid dienone is 3. The van der Waals surface area contributed by atoms with E-state index < -0.39 is 11.9 Å². The van der Waals surface area contributed by atoms with Gasteiger partial charge in [-0.05, 0) is 6.08 Å². The van der Waals surface area contributed by atoms with Gasteiger partial charge in [0, 0.05) is 14.1 Å². The minimum Gasteiger partial charge on any atom is -0.369 e. The number of alkyl halides is 3. The summed E-state index contributed by atoms with van der Waals surface area (Å²) in [4.78, 5) is 4.67. The van der Waals surface area contributed by atoms with Gasteiger partial charge in [-0.15, -0.1) is 0 Å². The predicted molar refractivity (Wildman–Crippen MR) is 46.5 cm³/mol. The van der Waals surface area contributed by atoms with Gasteiger partial charge >= 0.3 is 6.18 Å². The third kappa shape index (κ3) is 5.05. The van der Waals surface area contributed by atoms with Crippen molar-refractivity contribution in [2.24, 2.45) is 4.99 Å². The number of rotatable bonds is 3. The van der Waals surface area contributed by atoms with Crippen LogP contribution in [0, 0.1) is 0 Å². The maximum Gasteiger partial charge on any atom is 0.433 e. The third-order valence-electron chi connectivity index (χ3n) is 0.994. The minimum atomic E-state index is -4.43. The van der Waals surface area contributed by atoms with Gasteiger partial charge in [-0.1, -0.05) is 12.7 Å². The van der Waals surface area contributed by atoms with E-state index in [1.165, 1.54) is 4.90 Å². The van der Waals surface area contributed by atoms with Gasteiger partial charge in [-0.2, -0.15) is 13.2 Å². The smallest absolute Gasteiger partial charge is 0.369 e. The van der Waals surface area contributed by atoms with Crippen LogP contribution in [0.3, 0.4) is 0 Å². The van der Waals surface area contributed by atoms with Crippen LogP contribution in [0.1, 0.15) is 0 Å². The van der Waals surface area contributed by atoms with Crippen molar-refractivity contribution in [2.45, 2.75) is 6.18 Å². The molecule has 0 amide bonds. The van der Waals surface area contributed by atoms with Gasteiger partial charge in [0.05, 0.1) is 6.34 Å². The summed E-state index contributed by atoms with van der Waals surface area (Å²) in [5, 5.41) is 0. The number of hydrogen-bond donors (Lipinski definition) is 0. The Morgan fingerprint density at radius 2 is 1.92 bits per heavy atom. The molecule has 5 heteroatoms. The van der Waals surface area contributed by atoms with Crippen LogP contribution in [0.4, 0.5) is 13.2 Å². The molecule has 13 heavy (non-hydrogen) atoms. The van der Waals surface area contributed by atoms with Crippen LogP contribution in [-0.4, -0.2) is 31.5 Å². The van der Waals surface area contributed by atoms with Crippen molar-refractivity contribution in [1.82, 2.24) is 4.90 Å². The molecule has 0 aromatic rings. The summed E-state index contributed by atoms with van der Waals surface area (Å²) in [6.45, 7) is 3.18. The molecular weight excluding hydrogens is 181 g/mol. The van der Waals surface area contributed by atoms with Crippen molar-refractivity contribution in [3.8, 4) is 0 Å². The Balaban J connectivity index is 4.65. The fraction of sp³-hybridized carbons (Fsp3) is 0.375. The number of halogens is 3. The second-order valence-electron chi connectivity index (χ2n) is 2.49. The van der Waals surface area contributed by atoms with E-state index in [9.17, 15) is 13.2 Å². The molecule has 74 valence electrons. The molecule has 0 saturated heterocycles. The van der Waals surface area contributed by atoms with Crippen molar-refractivity contribution >= 4 is 6.34 Å². The molecular formula is C8H11F3N2. The molecule has 0 N–H and O–H groups in total. The molecule has 0 spiro atoms. The summed E-state index contributed by atoms with van der Waals surface area (Å²) >= 11 is 0. The summed E-state index contributed by atoms with van der Waals surface area (Å²) in [7, 11) is 3.18. The van der Waals surface area contributed by atoms with Gasteiger partial charge in [0.15, 0.2) is 0 Å². The van der Waals surface area contributed by atoms with E-state index in [1.54, 1.807) is 14.1 Å². The molecule has 0 saturated carbocycles. The average molecular weight is 192 g/mol. The Bertz CT molecular complexity index is 226. The molecule has 0 aromatic carbocycles. The van der Waals surface area contributed by atoms with Crippen LogP contribution < -0.4 is 0 Å². The van der Waals surface area contributed by atoms with E-state index in [0.29, 0.717) is 0 Å². The van der Waals surface area contributed by atoms with E-state index in [-0.39, 0.29) is 0 Å². The summed E-state index contributed by atoms with van der Waals surface area (Å²) in [6.07, 6.45) is -1.47. The van der Waals surface area contributed by atoms with Crippen LogP contribution in [0.2, 0.25) is 0 Å². The molecule has 0 aromatic heterocycles. The second kappa shape index (κ2) is 4.69. The minimum absolute atomic E-state index is 0.819. The molecule has 0 aliphatic carbocycles. The molecule has 0 heterocycles. The molecule has 0 bridgehead atoms. The Hall–Kier alpha value is -1.26. The lowest BCUT2D eigenvalue weighted by Gasteiger charge is -2.07. The predicted octanol–water partition coefficient (Wildman–Crippen LogP) is 2.21. The van der Waals surface area contributed by atoms with Gasteiger partial charge in [0.25, 0.3) is 0 Å². The van der Waals surface area contributed by atoms with Crippen LogP contribution in [0.25, 0.3) is 0 Å². The Morgan fingerprint density at radius 1 is 1.38 bits per heavy atom. The summed E-state index contributed by atoms with van der Waals surface area (Å²) in [5.41, 5.74) is -0.962. The van der Waals surface area contributed by atoms with Crippen molar-refractivity contribution in [1.29, 1.82) is 0 Å². The fourth-order valence-corrected chi connectivity index (χ4v) is 0.500. The standard InChI is InChI=1S/C8H11F3N2/c1-4-5-7(8(9,10)11)12-6-13(2)3/h4-6H,1H2,2-3H3/b7-5-,12-6?. The molecule has 0 atom stereocenters. The maximum absolute atomic E-state index is 12.1. The highest BCUT2D eigenvalue weighted by molar-refractivity contribution is 5.56. The first kappa shape index (κ1) is 11.7. The first-order valence-electron chi connectivity index (χ1n) is 3.48. The molecule has 0 rings (SSSR count). The van der Waals surface area contributed by atoms with Crippen LogP contribution >= 0.6 is 0 Å². The monoisotopic (exact) mass is 192 g/mol. The summed E-state index contributed by atoms with van der Waals surface area (Å²) in [5.74, 6) is 0.